The summed E-state index contributed by atoms with van der Waals surface area (Å²) >= 11 is 0. The van der Waals surface area contributed by atoms with Crippen molar-refractivity contribution < 1.29 is 24.0 Å². The standard InChI is InChI=1S/C4H11O5P.Mg/c5-3-1-2-4-9-10(6,7)8;/h5H,1-4H2,(H2,6,7,8);/q;+2/p-2. The molecule has 62 valence electrons. The van der Waals surface area contributed by atoms with E-state index in [2.05, 4.69) is 4.52 Å². The van der Waals surface area contributed by atoms with Gasteiger partial charge in [-0.25, -0.2) is 0 Å². The molecule has 0 saturated heterocycles. The van der Waals surface area contributed by atoms with Crippen LogP contribution in [0.2, 0.25) is 0 Å². The van der Waals surface area contributed by atoms with E-state index in [9.17, 15) is 14.4 Å². The van der Waals surface area contributed by atoms with Gasteiger partial charge in [-0.05, 0) is 12.8 Å². The molecule has 0 aromatic rings. The molecule has 0 heterocycles. The molecule has 0 aliphatic heterocycles. The Labute approximate surface area is 81.1 Å². The van der Waals surface area contributed by atoms with Gasteiger partial charge in [-0.1, -0.05) is 0 Å². The Hall–Kier alpha value is 0.836. The van der Waals surface area contributed by atoms with Crippen molar-refractivity contribution in [3.63, 3.8) is 0 Å². The average molecular weight is 192 g/mol. The van der Waals surface area contributed by atoms with Gasteiger partial charge in [-0.15, -0.1) is 0 Å². The summed E-state index contributed by atoms with van der Waals surface area (Å²) in [6.07, 6.45) is 0.824. The smallest absolute Gasteiger partial charge is 0.790 e. The van der Waals surface area contributed by atoms with Crippen LogP contribution in [0.5, 0.6) is 0 Å². The van der Waals surface area contributed by atoms with Crippen molar-refractivity contribution in [3.8, 4) is 0 Å². The Bertz CT molecular complexity index is 124. The van der Waals surface area contributed by atoms with Crippen LogP contribution in [0, 0.1) is 0 Å². The first-order valence-corrected chi connectivity index (χ1v) is 4.30. The van der Waals surface area contributed by atoms with E-state index < -0.39 is 7.82 Å². The van der Waals surface area contributed by atoms with Crippen molar-refractivity contribution in [2.24, 2.45) is 0 Å². The molecule has 0 atom stereocenters. The third kappa shape index (κ3) is 13.8. The van der Waals surface area contributed by atoms with Gasteiger partial charge in [0.25, 0.3) is 0 Å². The minimum absolute atomic E-state index is 0. The quantitative estimate of drug-likeness (QED) is 0.316. The fourth-order valence-corrected chi connectivity index (χ4v) is 0.743. The Morgan fingerprint density at radius 2 is 1.91 bits per heavy atom. The van der Waals surface area contributed by atoms with Crippen LogP contribution in [-0.2, 0) is 9.09 Å². The van der Waals surface area contributed by atoms with Gasteiger partial charge in [0.15, 0.2) is 0 Å². The van der Waals surface area contributed by atoms with Gasteiger partial charge < -0.3 is 24.0 Å². The van der Waals surface area contributed by atoms with Crippen molar-refractivity contribution in [2.45, 2.75) is 12.8 Å². The number of hydrogen-bond acceptors (Lipinski definition) is 5. The molecule has 0 aliphatic carbocycles. The molecule has 0 spiro atoms. The van der Waals surface area contributed by atoms with Gasteiger partial charge in [0.1, 0.15) is 0 Å². The predicted molar refractivity (Wildman–Crippen MR) is 35.6 cm³/mol. The molecular weight excluding hydrogens is 183 g/mol. The fraction of sp³-hybridized carbons (Fsp3) is 1.00. The Morgan fingerprint density at radius 3 is 2.27 bits per heavy atom. The molecule has 0 saturated carbocycles. The first-order valence-electron chi connectivity index (χ1n) is 2.84. The molecule has 0 fully saturated rings. The van der Waals surface area contributed by atoms with Crippen molar-refractivity contribution in [2.75, 3.05) is 13.2 Å². The first kappa shape index (κ1) is 14.4. The normalized spacial score (nSPS) is 10.8. The number of rotatable bonds is 5. The van der Waals surface area contributed by atoms with Crippen LogP contribution < -0.4 is 9.79 Å². The summed E-state index contributed by atoms with van der Waals surface area (Å²) in [4.78, 5) is 19.6. The zero-order valence-corrected chi connectivity index (χ0v) is 8.37. The summed E-state index contributed by atoms with van der Waals surface area (Å²) in [6.45, 7) is -0.157. The molecule has 0 unspecified atom stereocenters. The van der Waals surface area contributed by atoms with Crippen molar-refractivity contribution >= 4 is 30.9 Å². The van der Waals surface area contributed by atoms with Gasteiger partial charge >= 0.3 is 23.1 Å². The predicted octanol–water partition coefficient (Wildman–Crippen LogP) is -1.78. The zero-order chi connectivity index (χ0) is 8.04. The summed E-state index contributed by atoms with van der Waals surface area (Å²) in [6, 6.07) is 0. The molecule has 0 aliphatic rings. The summed E-state index contributed by atoms with van der Waals surface area (Å²) in [7, 11) is -4.79. The maximum Gasteiger partial charge on any atom is 2.00 e. The Morgan fingerprint density at radius 1 is 1.36 bits per heavy atom. The second kappa shape index (κ2) is 7.48. The molecule has 7 heteroatoms. The van der Waals surface area contributed by atoms with Crippen LogP contribution >= 0.6 is 7.82 Å². The number of phosphoric ester groups is 1. The zero-order valence-electron chi connectivity index (χ0n) is 6.06. The van der Waals surface area contributed by atoms with E-state index in [1.807, 2.05) is 0 Å². The maximum absolute atomic E-state index is 9.78. The molecule has 0 amide bonds. The van der Waals surface area contributed by atoms with Gasteiger partial charge in [0.2, 0.25) is 0 Å². The summed E-state index contributed by atoms with van der Waals surface area (Å²) in [5.41, 5.74) is 0. The van der Waals surface area contributed by atoms with Crippen molar-refractivity contribution in [3.05, 3.63) is 0 Å². The Balaban J connectivity index is 0. The van der Waals surface area contributed by atoms with E-state index in [1.54, 1.807) is 0 Å². The van der Waals surface area contributed by atoms with Gasteiger partial charge in [0.05, 0.1) is 14.4 Å². The topological polar surface area (TPSA) is 92.7 Å². The minimum atomic E-state index is -4.79. The molecule has 1 N–H and O–H groups in total. The Kier molecular flexibility index (Phi) is 9.77. The molecule has 5 nitrogen and oxygen atoms in total. The average Bonchev–Trinajstić information content (AvgIpc) is 1.78. The number of aliphatic hydroxyl groups is 1. The largest absolute Gasteiger partial charge is 2.00 e. The van der Waals surface area contributed by atoms with Crippen LogP contribution in [0.15, 0.2) is 0 Å². The van der Waals surface area contributed by atoms with Gasteiger partial charge in [0, 0.05) is 6.61 Å². The van der Waals surface area contributed by atoms with E-state index in [1.165, 1.54) is 0 Å². The molecular formula is C4H9MgO5P. The number of unbranched alkanes of at least 4 members (excludes halogenated alkanes) is 1. The van der Waals surface area contributed by atoms with E-state index in [4.69, 9.17) is 5.11 Å². The SMILES string of the molecule is O=P([O-])([O-])OCCCCO.[Mg+2]. The maximum atomic E-state index is 9.78. The van der Waals surface area contributed by atoms with Crippen molar-refractivity contribution in [1.82, 2.24) is 0 Å². The minimum Gasteiger partial charge on any atom is -0.790 e. The second-order valence-electron chi connectivity index (χ2n) is 1.71. The van der Waals surface area contributed by atoms with Crippen LogP contribution in [0.25, 0.3) is 0 Å². The first-order chi connectivity index (χ1) is 4.56. The van der Waals surface area contributed by atoms with Crippen molar-refractivity contribution in [1.29, 1.82) is 0 Å². The number of hydrogen-bond donors (Lipinski definition) is 1. The monoisotopic (exact) mass is 192 g/mol. The fourth-order valence-electron chi connectivity index (χ4n) is 0.390. The van der Waals surface area contributed by atoms with Gasteiger partial charge in [-0.2, -0.15) is 0 Å². The molecule has 11 heavy (non-hydrogen) atoms. The van der Waals surface area contributed by atoms with Gasteiger partial charge in [-0.3, -0.25) is 0 Å². The summed E-state index contributed by atoms with van der Waals surface area (Å²) in [5, 5.41) is 8.21. The molecule has 0 radical (unpaired) electrons. The van der Waals surface area contributed by atoms with Crippen LogP contribution in [0.4, 0.5) is 0 Å². The molecule has 0 rings (SSSR count). The summed E-state index contributed by atoms with van der Waals surface area (Å²) < 4.78 is 13.6. The second-order valence-corrected chi connectivity index (χ2v) is 2.86. The molecule has 0 aromatic carbocycles. The number of phosphoric acid groups is 1. The third-order valence-corrected chi connectivity index (χ3v) is 1.30. The number of aliphatic hydroxyl groups excluding tert-OH is 1. The van der Waals surface area contributed by atoms with Crippen LogP contribution in [-0.4, -0.2) is 41.4 Å². The van der Waals surface area contributed by atoms with E-state index in [-0.39, 0.29) is 36.3 Å². The molecule has 0 aromatic heterocycles. The van der Waals surface area contributed by atoms with Crippen LogP contribution in [0.1, 0.15) is 12.8 Å². The molecule has 0 bridgehead atoms. The van der Waals surface area contributed by atoms with Crippen LogP contribution in [0.3, 0.4) is 0 Å². The van der Waals surface area contributed by atoms with E-state index in [0.29, 0.717) is 12.8 Å². The van der Waals surface area contributed by atoms with E-state index >= 15 is 0 Å². The third-order valence-electron chi connectivity index (χ3n) is 0.802. The van der Waals surface area contributed by atoms with E-state index in [0.717, 1.165) is 0 Å². The summed E-state index contributed by atoms with van der Waals surface area (Å²) in [5.74, 6) is 0.